The van der Waals surface area contributed by atoms with Crippen LogP contribution in [0.4, 0.5) is 5.95 Å². The number of aromatic nitrogens is 2. The van der Waals surface area contributed by atoms with Crippen LogP contribution in [0.3, 0.4) is 0 Å². The van der Waals surface area contributed by atoms with Gasteiger partial charge in [-0.25, -0.2) is 9.97 Å². The molecule has 1 heterocycles. The molecule has 0 aliphatic carbocycles. The van der Waals surface area contributed by atoms with Crippen LogP contribution < -0.4 is 11.1 Å². The summed E-state index contributed by atoms with van der Waals surface area (Å²) in [6, 6.07) is 10.5. The number of hydrogen-bond acceptors (Lipinski definition) is 4. The first kappa shape index (κ1) is 12.5. The summed E-state index contributed by atoms with van der Waals surface area (Å²) >= 11 is 0. The Morgan fingerprint density at radius 3 is 2.72 bits per heavy atom. The summed E-state index contributed by atoms with van der Waals surface area (Å²) in [5.74, 6) is 0.305. The maximum atomic E-state index is 5.63. The minimum absolute atomic E-state index is 0.305. The van der Waals surface area contributed by atoms with Gasteiger partial charge < -0.3 is 11.1 Å². The van der Waals surface area contributed by atoms with Crippen LogP contribution in [-0.2, 0) is 6.54 Å². The second-order valence-electron chi connectivity index (χ2n) is 4.49. The molecule has 0 aliphatic rings. The normalized spacial score (nSPS) is 10.8. The van der Waals surface area contributed by atoms with Gasteiger partial charge in [-0.1, -0.05) is 38.1 Å². The molecule has 0 bridgehead atoms. The number of nitrogens with two attached hydrogens (primary N) is 1. The lowest BCUT2D eigenvalue weighted by molar-refractivity contribution is 0.589. The molecular formula is C14H18N4. The van der Waals surface area contributed by atoms with Crippen molar-refractivity contribution in [3.63, 3.8) is 0 Å². The maximum absolute atomic E-state index is 5.63. The van der Waals surface area contributed by atoms with Gasteiger partial charge in [0.25, 0.3) is 0 Å². The Labute approximate surface area is 107 Å². The number of benzene rings is 1. The molecule has 0 amide bonds. The SMILES string of the molecule is CC(C)NCc1ccccc1-c1ccnc(N)n1. The van der Waals surface area contributed by atoms with Crippen molar-refractivity contribution in [3.8, 4) is 11.3 Å². The largest absolute Gasteiger partial charge is 0.368 e. The summed E-state index contributed by atoms with van der Waals surface area (Å²) in [5, 5.41) is 3.41. The second-order valence-corrected chi connectivity index (χ2v) is 4.49. The lowest BCUT2D eigenvalue weighted by Gasteiger charge is -2.12. The molecule has 18 heavy (non-hydrogen) atoms. The van der Waals surface area contributed by atoms with E-state index in [0.717, 1.165) is 17.8 Å². The Morgan fingerprint density at radius 2 is 2.00 bits per heavy atom. The number of anilines is 1. The predicted octanol–water partition coefficient (Wildman–Crippen LogP) is 2.22. The molecule has 0 unspecified atom stereocenters. The summed E-state index contributed by atoms with van der Waals surface area (Å²) in [5.41, 5.74) is 8.80. The zero-order valence-corrected chi connectivity index (χ0v) is 10.7. The highest BCUT2D eigenvalue weighted by molar-refractivity contribution is 5.64. The molecule has 3 N–H and O–H groups in total. The Kier molecular flexibility index (Phi) is 3.89. The van der Waals surface area contributed by atoms with Crippen molar-refractivity contribution in [2.75, 3.05) is 5.73 Å². The third kappa shape index (κ3) is 3.05. The van der Waals surface area contributed by atoms with Crippen molar-refractivity contribution in [1.29, 1.82) is 0 Å². The molecule has 4 nitrogen and oxygen atoms in total. The fourth-order valence-electron chi connectivity index (χ4n) is 1.76. The highest BCUT2D eigenvalue weighted by Crippen LogP contribution is 2.21. The van der Waals surface area contributed by atoms with Crippen molar-refractivity contribution in [1.82, 2.24) is 15.3 Å². The van der Waals surface area contributed by atoms with Gasteiger partial charge in [-0.15, -0.1) is 0 Å². The van der Waals surface area contributed by atoms with Gasteiger partial charge in [-0.2, -0.15) is 0 Å². The number of rotatable bonds is 4. The summed E-state index contributed by atoms with van der Waals surface area (Å²) < 4.78 is 0. The summed E-state index contributed by atoms with van der Waals surface area (Å²) in [6.45, 7) is 5.08. The molecule has 0 fully saturated rings. The Morgan fingerprint density at radius 1 is 1.22 bits per heavy atom. The molecule has 0 saturated heterocycles. The minimum atomic E-state index is 0.305. The molecule has 0 aliphatic heterocycles. The topological polar surface area (TPSA) is 63.8 Å². The highest BCUT2D eigenvalue weighted by Gasteiger charge is 2.06. The van der Waals surface area contributed by atoms with E-state index in [4.69, 9.17) is 5.73 Å². The van der Waals surface area contributed by atoms with E-state index in [-0.39, 0.29) is 0 Å². The van der Waals surface area contributed by atoms with Crippen molar-refractivity contribution in [2.45, 2.75) is 26.4 Å². The molecule has 2 aromatic rings. The van der Waals surface area contributed by atoms with Gasteiger partial charge in [-0.05, 0) is 11.6 Å². The quantitative estimate of drug-likeness (QED) is 0.863. The fraction of sp³-hybridized carbons (Fsp3) is 0.286. The molecule has 4 heteroatoms. The average Bonchev–Trinajstić information content (AvgIpc) is 2.36. The van der Waals surface area contributed by atoms with E-state index in [1.807, 2.05) is 18.2 Å². The Balaban J connectivity index is 2.32. The van der Waals surface area contributed by atoms with E-state index in [0.29, 0.717) is 12.0 Å². The smallest absolute Gasteiger partial charge is 0.220 e. The summed E-state index contributed by atoms with van der Waals surface area (Å²) in [7, 11) is 0. The van der Waals surface area contributed by atoms with E-state index in [2.05, 4.69) is 41.3 Å². The van der Waals surface area contributed by atoms with Gasteiger partial charge in [0, 0.05) is 24.3 Å². The van der Waals surface area contributed by atoms with Crippen molar-refractivity contribution < 1.29 is 0 Å². The first-order chi connectivity index (χ1) is 8.66. The average molecular weight is 242 g/mol. The molecule has 0 spiro atoms. The van der Waals surface area contributed by atoms with Crippen LogP contribution in [0.25, 0.3) is 11.3 Å². The molecule has 1 aromatic carbocycles. The highest BCUT2D eigenvalue weighted by atomic mass is 15.0. The second kappa shape index (κ2) is 5.60. The zero-order valence-electron chi connectivity index (χ0n) is 10.7. The summed E-state index contributed by atoms with van der Waals surface area (Å²) in [6.07, 6.45) is 1.68. The lowest BCUT2D eigenvalue weighted by Crippen LogP contribution is -2.22. The molecule has 0 atom stereocenters. The van der Waals surface area contributed by atoms with Gasteiger partial charge in [0.2, 0.25) is 5.95 Å². The van der Waals surface area contributed by atoms with Crippen LogP contribution >= 0.6 is 0 Å². The Bertz CT molecular complexity index is 523. The Hall–Kier alpha value is -1.94. The van der Waals surface area contributed by atoms with E-state index < -0.39 is 0 Å². The van der Waals surface area contributed by atoms with E-state index in [1.54, 1.807) is 6.20 Å². The molecular weight excluding hydrogens is 224 g/mol. The third-order valence-electron chi connectivity index (χ3n) is 2.67. The number of hydrogen-bond donors (Lipinski definition) is 2. The number of nitrogens with one attached hydrogen (secondary N) is 1. The first-order valence-electron chi connectivity index (χ1n) is 6.07. The van der Waals surface area contributed by atoms with E-state index in [1.165, 1.54) is 5.56 Å². The standard InChI is InChI=1S/C14H18N4/c1-10(2)17-9-11-5-3-4-6-12(11)13-7-8-16-14(15)18-13/h3-8,10,17H,9H2,1-2H3,(H2,15,16,18). The van der Waals surface area contributed by atoms with Crippen molar-refractivity contribution in [3.05, 3.63) is 42.1 Å². The molecule has 0 radical (unpaired) electrons. The fourth-order valence-corrected chi connectivity index (χ4v) is 1.76. The van der Waals surface area contributed by atoms with Crippen LogP contribution in [-0.4, -0.2) is 16.0 Å². The van der Waals surface area contributed by atoms with Gasteiger partial charge in [0.05, 0.1) is 5.69 Å². The van der Waals surface area contributed by atoms with E-state index in [9.17, 15) is 0 Å². The van der Waals surface area contributed by atoms with Crippen LogP contribution in [0.15, 0.2) is 36.5 Å². The molecule has 2 rings (SSSR count). The monoisotopic (exact) mass is 242 g/mol. The zero-order chi connectivity index (χ0) is 13.0. The lowest BCUT2D eigenvalue weighted by atomic mass is 10.0. The van der Waals surface area contributed by atoms with Crippen LogP contribution in [0.2, 0.25) is 0 Å². The number of nitrogen functional groups attached to an aromatic ring is 1. The predicted molar refractivity (Wildman–Crippen MR) is 73.9 cm³/mol. The van der Waals surface area contributed by atoms with Crippen molar-refractivity contribution >= 4 is 5.95 Å². The number of nitrogens with zero attached hydrogens (tertiary/aromatic N) is 2. The van der Waals surface area contributed by atoms with Gasteiger partial charge in [0.15, 0.2) is 0 Å². The van der Waals surface area contributed by atoms with Crippen LogP contribution in [0, 0.1) is 0 Å². The summed E-state index contributed by atoms with van der Waals surface area (Å²) in [4.78, 5) is 8.19. The first-order valence-corrected chi connectivity index (χ1v) is 6.07. The van der Waals surface area contributed by atoms with Gasteiger partial charge in [0.1, 0.15) is 0 Å². The van der Waals surface area contributed by atoms with Gasteiger partial charge >= 0.3 is 0 Å². The van der Waals surface area contributed by atoms with E-state index >= 15 is 0 Å². The van der Waals surface area contributed by atoms with Crippen molar-refractivity contribution in [2.24, 2.45) is 0 Å². The van der Waals surface area contributed by atoms with Crippen LogP contribution in [0.5, 0.6) is 0 Å². The van der Waals surface area contributed by atoms with Crippen LogP contribution in [0.1, 0.15) is 19.4 Å². The van der Waals surface area contributed by atoms with Gasteiger partial charge in [-0.3, -0.25) is 0 Å². The third-order valence-corrected chi connectivity index (χ3v) is 2.67. The maximum Gasteiger partial charge on any atom is 0.220 e. The minimum Gasteiger partial charge on any atom is -0.368 e. The molecule has 1 aromatic heterocycles. The molecule has 0 saturated carbocycles. The molecule has 94 valence electrons.